The second kappa shape index (κ2) is 6.52. The fraction of sp³-hybridized carbons (Fsp3) is 0.700. The molecule has 0 spiro atoms. The molecule has 1 amide bonds. The number of nitrogens with zero attached hydrogens (tertiary/aromatic N) is 2. The highest BCUT2D eigenvalue weighted by Crippen LogP contribution is 2.04. The zero-order chi connectivity index (χ0) is 12.0. The summed E-state index contributed by atoms with van der Waals surface area (Å²) in [6, 6.07) is 0.158. The minimum absolute atomic E-state index is 0.158. The van der Waals surface area contributed by atoms with E-state index < -0.39 is 0 Å². The lowest BCUT2D eigenvalue weighted by molar-refractivity contribution is 0.0929. The molecule has 16 heavy (non-hydrogen) atoms. The van der Waals surface area contributed by atoms with Crippen LogP contribution in [0, 0.1) is 6.92 Å². The number of hydrogen-bond donors (Lipinski definition) is 2. The molecule has 1 rings (SSSR count). The van der Waals surface area contributed by atoms with E-state index in [-0.39, 0.29) is 17.8 Å². The molecule has 5 nitrogen and oxygen atoms in total. The van der Waals surface area contributed by atoms with Gasteiger partial charge in [0.2, 0.25) is 5.82 Å². The number of carbonyl (C=O) groups excluding carboxylic acids is 1. The summed E-state index contributed by atoms with van der Waals surface area (Å²) in [4.78, 5) is 15.6. The van der Waals surface area contributed by atoms with Gasteiger partial charge in [0, 0.05) is 6.04 Å². The predicted molar refractivity (Wildman–Crippen MR) is 65.7 cm³/mol. The summed E-state index contributed by atoms with van der Waals surface area (Å²) in [5.41, 5.74) is 0. The maximum Gasteiger partial charge on any atom is 0.291 e. The van der Waals surface area contributed by atoms with Gasteiger partial charge >= 0.3 is 0 Å². The summed E-state index contributed by atoms with van der Waals surface area (Å²) in [7, 11) is 0. The SMILES string of the molecule is CCSCCC(C)NC(=O)c1n[nH]c(C)n1. The number of amides is 1. The number of H-pyrrole nitrogens is 1. The molecule has 0 aliphatic rings. The lowest BCUT2D eigenvalue weighted by Gasteiger charge is -2.11. The van der Waals surface area contributed by atoms with Crippen molar-refractivity contribution in [2.45, 2.75) is 33.2 Å². The lowest BCUT2D eigenvalue weighted by Crippen LogP contribution is -2.33. The van der Waals surface area contributed by atoms with Crippen LogP contribution in [0.4, 0.5) is 0 Å². The van der Waals surface area contributed by atoms with E-state index in [9.17, 15) is 4.79 Å². The van der Waals surface area contributed by atoms with Crippen molar-refractivity contribution >= 4 is 17.7 Å². The van der Waals surface area contributed by atoms with Gasteiger partial charge in [0.25, 0.3) is 5.91 Å². The first kappa shape index (κ1) is 13.0. The van der Waals surface area contributed by atoms with Crippen LogP contribution in [0.1, 0.15) is 36.7 Å². The Labute approximate surface area is 99.8 Å². The van der Waals surface area contributed by atoms with Crippen molar-refractivity contribution in [1.29, 1.82) is 0 Å². The Morgan fingerprint density at radius 3 is 2.94 bits per heavy atom. The summed E-state index contributed by atoms with van der Waals surface area (Å²) in [6.07, 6.45) is 0.966. The molecular formula is C10H18N4OS. The third kappa shape index (κ3) is 4.22. The molecule has 0 saturated carbocycles. The fourth-order valence-electron chi connectivity index (χ4n) is 1.21. The third-order valence-electron chi connectivity index (χ3n) is 2.08. The van der Waals surface area contributed by atoms with Crippen LogP contribution in [-0.2, 0) is 0 Å². The molecule has 1 heterocycles. The minimum Gasteiger partial charge on any atom is -0.347 e. The van der Waals surface area contributed by atoms with Crippen molar-refractivity contribution < 1.29 is 4.79 Å². The molecule has 1 aromatic heterocycles. The second-order valence-electron chi connectivity index (χ2n) is 3.60. The number of aromatic nitrogens is 3. The highest BCUT2D eigenvalue weighted by molar-refractivity contribution is 7.99. The van der Waals surface area contributed by atoms with Crippen molar-refractivity contribution in [3.05, 3.63) is 11.6 Å². The monoisotopic (exact) mass is 242 g/mol. The Morgan fingerprint density at radius 2 is 2.38 bits per heavy atom. The molecule has 0 aliphatic heterocycles. The maximum atomic E-state index is 11.6. The molecule has 1 atom stereocenters. The largest absolute Gasteiger partial charge is 0.347 e. The van der Waals surface area contributed by atoms with Gasteiger partial charge in [0.15, 0.2) is 0 Å². The van der Waals surface area contributed by atoms with Gasteiger partial charge in [-0.1, -0.05) is 6.92 Å². The number of thioether (sulfide) groups is 1. The molecule has 6 heteroatoms. The highest BCUT2D eigenvalue weighted by Gasteiger charge is 2.13. The summed E-state index contributed by atoms with van der Waals surface area (Å²) in [5.74, 6) is 2.83. The summed E-state index contributed by atoms with van der Waals surface area (Å²) in [6.45, 7) is 5.89. The Kier molecular flexibility index (Phi) is 5.31. The topological polar surface area (TPSA) is 70.7 Å². The quantitative estimate of drug-likeness (QED) is 0.739. The van der Waals surface area contributed by atoms with Gasteiger partial charge < -0.3 is 5.32 Å². The van der Waals surface area contributed by atoms with Crippen LogP contribution in [0.25, 0.3) is 0 Å². The molecule has 0 saturated heterocycles. The van der Waals surface area contributed by atoms with Crippen LogP contribution in [-0.4, -0.2) is 38.6 Å². The molecule has 1 unspecified atom stereocenters. The number of aromatic amines is 1. The van der Waals surface area contributed by atoms with E-state index in [1.54, 1.807) is 6.92 Å². The van der Waals surface area contributed by atoms with E-state index in [1.807, 2.05) is 18.7 Å². The van der Waals surface area contributed by atoms with Crippen molar-refractivity contribution in [2.75, 3.05) is 11.5 Å². The van der Waals surface area contributed by atoms with Crippen LogP contribution in [0.15, 0.2) is 0 Å². The molecule has 2 N–H and O–H groups in total. The van der Waals surface area contributed by atoms with Crippen LogP contribution < -0.4 is 5.32 Å². The van der Waals surface area contributed by atoms with E-state index >= 15 is 0 Å². The first-order valence-electron chi connectivity index (χ1n) is 5.41. The van der Waals surface area contributed by atoms with E-state index in [1.165, 1.54) is 0 Å². The van der Waals surface area contributed by atoms with Gasteiger partial charge in [0.1, 0.15) is 5.82 Å². The van der Waals surface area contributed by atoms with Crippen LogP contribution >= 0.6 is 11.8 Å². The van der Waals surface area contributed by atoms with Crippen LogP contribution in [0.3, 0.4) is 0 Å². The molecule has 0 bridgehead atoms. The third-order valence-corrected chi connectivity index (χ3v) is 3.01. The van der Waals surface area contributed by atoms with Gasteiger partial charge in [-0.25, -0.2) is 4.98 Å². The molecule has 0 fully saturated rings. The smallest absolute Gasteiger partial charge is 0.291 e. The predicted octanol–water partition coefficient (Wildman–Crippen LogP) is 1.37. The first-order valence-corrected chi connectivity index (χ1v) is 6.56. The number of rotatable bonds is 6. The van der Waals surface area contributed by atoms with Crippen molar-refractivity contribution in [2.24, 2.45) is 0 Å². The van der Waals surface area contributed by atoms with Crippen molar-refractivity contribution in [1.82, 2.24) is 20.5 Å². The maximum absolute atomic E-state index is 11.6. The highest BCUT2D eigenvalue weighted by atomic mass is 32.2. The van der Waals surface area contributed by atoms with E-state index in [2.05, 4.69) is 27.4 Å². The Hall–Kier alpha value is -1.04. The second-order valence-corrected chi connectivity index (χ2v) is 5.00. The van der Waals surface area contributed by atoms with E-state index in [0.717, 1.165) is 17.9 Å². The standard InChI is InChI=1S/C10H18N4OS/c1-4-16-6-5-7(2)11-10(15)9-12-8(3)13-14-9/h7H,4-6H2,1-3H3,(H,11,15)(H,12,13,14). The van der Waals surface area contributed by atoms with Crippen LogP contribution in [0.2, 0.25) is 0 Å². The zero-order valence-electron chi connectivity index (χ0n) is 9.91. The molecule has 1 aromatic rings. The summed E-state index contributed by atoms with van der Waals surface area (Å²) in [5, 5.41) is 9.33. The van der Waals surface area contributed by atoms with Gasteiger partial charge in [-0.15, -0.1) is 5.10 Å². The van der Waals surface area contributed by atoms with Crippen molar-refractivity contribution in [3.8, 4) is 0 Å². The molecule has 90 valence electrons. The number of nitrogens with one attached hydrogen (secondary N) is 2. The average molecular weight is 242 g/mol. The summed E-state index contributed by atoms with van der Waals surface area (Å²) >= 11 is 1.87. The number of hydrogen-bond acceptors (Lipinski definition) is 4. The summed E-state index contributed by atoms with van der Waals surface area (Å²) < 4.78 is 0. The molecular weight excluding hydrogens is 224 g/mol. The van der Waals surface area contributed by atoms with Gasteiger partial charge in [-0.05, 0) is 31.8 Å². The van der Waals surface area contributed by atoms with Crippen molar-refractivity contribution in [3.63, 3.8) is 0 Å². The number of aryl methyl sites for hydroxylation is 1. The molecule has 0 radical (unpaired) electrons. The van der Waals surface area contributed by atoms with E-state index in [0.29, 0.717) is 5.82 Å². The molecule has 0 aromatic carbocycles. The van der Waals surface area contributed by atoms with Gasteiger partial charge in [-0.2, -0.15) is 11.8 Å². The number of carbonyl (C=O) groups is 1. The average Bonchev–Trinajstić information content (AvgIpc) is 2.65. The minimum atomic E-state index is -0.210. The fourth-order valence-corrected chi connectivity index (χ4v) is 2.02. The lowest BCUT2D eigenvalue weighted by atomic mass is 10.2. The van der Waals surface area contributed by atoms with Crippen LogP contribution in [0.5, 0.6) is 0 Å². The Balaban J connectivity index is 2.33. The van der Waals surface area contributed by atoms with Gasteiger partial charge in [0.05, 0.1) is 0 Å². The first-order chi connectivity index (χ1) is 7.63. The molecule has 0 aliphatic carbocycles. The normalized spacial score (nSPS) is 12.4. The zero-order valence-corrected chi connectivity index (χ0v) is 10.7. The van der Waals surface area contributed by atoms with Gasteiger partial charge in [-0.3, -0.25) is 9.89 Å². The Bertz CT molecular complexity index is 339. The van der Waals surface area contributed by atoms with E-state index in [4.69, 9.17) is 0 Å². The Morgan fingerprint density at radius 1 is 1.62 bits per heavy atom.